The Morgan fingerprint density at radius 3 is 2.67 bits per heavy atom. The smallest absolute Gasteiger partial charge is 0.263 e. The summed E-state index contributed by atoms with van der Waals surface area (Å²) in [6, 6.07) is 5.37. The first-order valence-corrected chi connectivity index (χ1v) is 12.2. The molecular formula is C14H15BrN2O3S4. The summed E-state index contributed by atoms with van der Waals surface area (Å²) < 4.78 is 28.0. The van der Waals surface area contributed by atoms with E-state index >= 15 is 0 Å². The summed E-state index contributed by atoms with van der Waals surface area (Å²) in [6.45, 7) is 1.37. The third-order valence-corrected chi connectivity index (χ3v) is 9.02. The number of amides is 1. The fourth-order valence-corrected chi connectivity index (χ4v) is 7.60. The van der Waals surface area contributed by atoms with E-state index in [2.05, 4.69) is 21.2 Å². The van der Waals surface area contributed by atoms with Gasteiger partial charge in [0, 0.05) is 29.5 Å². The SMILES string of the molecule is O=C(NCc1ccc(Br)s1)c1sccc1S(=O)(=O)N1CCSCC1. The minimum Gasteiger partial charge on any atom is -0.346 e. The first kappa shape index (κ1) is 18.4. The maximum atomic E-state index is 12.8. The molecule has 0 bridgehead atoms. The lowest BCUT2D eigenvalue weighted by molar-refractivity contribution is 0.0952. The number of hydrogen-bond donors (Lipinski definition) is 1. The number of nitrogens with one attached hydrogen (secondary N) is 1. The molecule has 2 aromatic heterocycles. The Kier molecular flexibility index (Phi) is 6.04. The Hall–Kier alpha value is -0.390. The zero-order chi connectivity index (χ0) is 17.2. The minimum atomic E-state index is -3.61. The molecule has 1 aliphatic rings. The molecule has 130 valence electrons. The van der Waals surface area contributed by atoms with Gasteiger partial charge < -0.3 is 5.32 Å². The average Bonchev–Trinajstić information content (AvgIpc) is 3.23. The molecule has 0 spiro atoms. The summed E-state index contributed by atoms with van der Waals surface area (Å²) in [7, 11) is -3.61. The van der Waals surface area contributed by atoms with Crippen molar-refractivity contribution in [3.05, 3.63) is 37.1 Å². The van der Waals surface area contributed by atoms with Crippen LogP contribution in [0, 0.1) is 0 Å². The van der Waals surface area contributed by atoms with E-state index in [-0.39, 0.29) is 15.7 Å². The second-order valence-corrected chi connectivity index (χ2v) is 11.6. The topological polar surface area (TPSA) is 66.5 Å². The van der Waals surface area contributed by atoms with Crippen molar-refractivity contribution >= 4 is 66.3 Å². The van der Waals surface area contributed by atoms with Crippen LogP contribution in [-0.2, 0) is 16.6 Å². The summed E-state index contributed by atoms with van der Waals surface area (Å²) in [4.78, 5) is 13.8. The molecule has 2 aromatic rings. The van der Waals surface area contributed by atoms with Crippen LogP contribution in [-0.4, -0.2) is 43.2 Å². The Labute approximate surface area is 161 Å². The van der Waals surface area contributed by atoms with E-state index in [0.29, 0.717) is 19.6 Å². The lowest BCUT2D eigenvalue weighted by Crippen LogP contribution is -2.38. The number of hydrogen-bond acceptors (Lipinski definition) is 6. The molecule has 0 aliphatic carbocycles. The molecule has 10 heteroatoms. The molecule has 1 fully saturated rings. The van der Waals surface area contributed by atoms with Crippen molar-refractivity contribution in [2.75, 3.05) is 24.6 Å². The zero-order valence-corrected chi connectivity index (χ0v) is 17.4. The number of sulfonamides is 1. The highest BCUT2D eigenvalue weighted by molar-refractivity contribution is 9.11. The molecule has 3 heterocycles. The molecule has 24 heavy (non-hydrogen) atoms. The predicted molar refractivity (Wildman–Crippen MR) is 104 cm³/mol. The monoisotopic (exact) mass is 466 g/mol. The third kappa shape index (κ3) is 4.05. The van der Waals surface area contributed by atoms with Crippen molar-refractivity contribution in [3.63, 3.8) is 0 Å². The first-order valence-electron chi connectivity index (χ1n) is 7.16. The summed E-state index contributed by atoms with van der Waals surface area (Å²) in [5.41, 5.74) is 0. The van der Waals surface area contributed by atoms with E-state index in [0.717, 1.165) is 31.5 Å². The number of halogens is 1. The van der Waals surface area contributed by atoms with E-state index in [1.165, 1.54) is 21.7 Å². The van der Waals surface area contributed by atoms with Crippen LogP contribution in [0.15, 0.2) is 32.3 Å². The van der Waals surface area contributed by atoms with Gasteiger partial charge in [0.25, 0.3) is 5.91 Å². The number of carbonyl (C=O) groups excluding carboxylic acids is 1. The fraction of sp³-hybridized carbons (Fsp3) is 0.357. The molecule has 0 aromatic carbocycles. The number of nitrogens with zero attached hydrogens (tertiary/aromatic N) is 1. The van der Waals surface area contributed by atoms with Crippen LogP contribution in [0.5, 0.6) is 0 Å². The van der Waals surface area contributed by atoms with E-state index in [9.17, 15) is 13.2 Å². The van der Waals surface area contributed by atoms with Gasteiger partial charge >= 0.3 is 0 Å². The predicted octanol–water partition coefficient (Wildman–Crippen LogP) is 3.24. The van der Waals surface area contributed by atoms with Gasteiger partial charge in [-0.25, -0.2) is 8.42 Å². The molecule has 5 nitrogen and oxygen atoms in total. The largest absolute Gasteiger partial charge is 0.346 e. The van der Waals surface area contributed by atoms with Crippen LogP contribution in [0.1, 0.15) is 14.5 Å². The number of carbonyl (C=O) groups is 1. The zero-order valence-electron chi connectivity index (χ0n) is 12.5. The van der Waals surface area contributed by atoms with E-state index < -0.39 is 10.0 Å². The third-order valence-electron chi connectivity index (χ3n) is 3.48. The molecule has 1 aliphatic heterocycles. The Morgan fingerprint density at radius 2 is 2.00 bits per heavy atom. The summed E-state index contributed by atoms with van der Waals surface area (Å²) in [6.07, 6.45) is 0. The highest BCUT2D eigenvalue weighted by atomic mass is 79.9. The Bertz CT molecular complexity index is 825. The van der Waals surface area contributed by atoms with E-state index in [1.54, 1.807) is 17.1 Å². The standard InChI is InChI=1S/C14H15BrN2O3S4/c15-12-2-1-10(23-12)9-16-14(18)13-11(3-6-22-13)24(19,20)17-4-7-21-8-5-17/h1-3,6H,4-5,7-9H2,(H,16,18). The summed E-state index contributed by atoms with van der Waals surface area (Å²) >= 11 is 7.82. The lowest BCUT2D eigenvalue weighted by Gasteiger charge is -2.25. The van der Waals surface area contributed by atoms with Crippen LogP contribution in [0.4, 0.5) is 0 Å². The normalized spacial score (nSPS) is 16.2. The number of thioether (sulfide) groups is 1. The van der Waals surface area contributed by atoms with Crippen molar-refractivity contribution in [2.24, 2.45) is 0 Å². The molecule has 0 radical (unpaired) electrons. The second-order valence-electron chi connectivity index (χ2n) is 5.02. The van der Waals surface area contributed by atoms with Crippen molar-refractivity contribution in [1.82, 2.24) is 9.62 Å². The quantitative estimate of drug-likeness (QED) is 0.734. The van der Waals surface area contributed by atoms with Gasteiger partial charge in [-0.05, 0) is 39.5 Å². The van der Waals surface area contributed by atoms with Gasteiger partial charge in [0.2, 0.25) is 10.0 Å². The van der Waals surface area contributed by atoms with Crippen LogP contribution in [0.2, 0.25) is 0 Å². The molecule has 0 atom stereocenters. The molecule has 3 rings (SSSR count). The van der Waals surface area contributed by atoms with Crippen molar-refractivity contribution in [3.8, 4) is 0 Å². The molecule has 0 unspecified atom stereocenters. The van der Waals surface area contributed by atoms with E-state index in [4.69, 9.17) is 0 Å². The van der Waals surface area contributed by atoms with Crippen molar-refractivity contribution < 1.29 is 13.2 Å². The van der Waals surface area contributed by atoms with Gasteiger partial charge in [-0.2, -0.15) is 16.1 Å². The highest BCUT2D eigenvalue weighted by Gasteiger charge is 2.31. The lowest BCUT2D eigenvalue weighted by atomic mass is 10.4. The van der Waals surface area contributed by atoms with Gasteiger partial charge in [-0.3, -0.25) is 4.79 Å². The van der Waals surface area contributed by atoms with Crippen LogP contribution < -0.4 is 5.32 Å². The van der Waals surface area contributed by atoms with Crippen molar-refractivity contribution in [1.29, 1.82) is 0 Å². The molecule has 1 saturated heterocycles. The molecule has 1 N–H and O–H groups in total. The minimum absolute atomic E-state index is 0.115. The van der Waals surface area contributed by atoms with Gasteiger partial charge in [-0.1, -0.05) is 0 Å². The first-order chi connectivity index (χ1) is 11.5. The Morgan fingerprint density at radius 1 is 1.25 bits per heavy atom. The maximum absolute atomic E-state index is 12.8. The molecule has 0 saturated carbocycles. The maximum Gasteiger partial charge on any atom is 0.263 e. The van der Waals surface area contributed by atoms with Crippen LogP contribution in [0.3, 0.4) is 0 Å². The number of rotatable bonds is 5. The van der Waals surface area contributed by atoms with Crippen molar-refractivity contribution in [2.45, 2.75) is 11.4 Å². The second kappa shape index (κ2) is 7.88. The Balaban J connectivity index is 1.75. The molecular weight excluding hydrogens is 452 g/mol. The average molecular weight is 467 g/mol. The van der Waals surface area contributed by atoms with E-state index in [1.807, 2.05) is 12.1 Å². The molecule has 1 amide bonds. The van der Waals surface area contributed by atoms with Gasteiger partial charge in [0.05, 0.1) is 10.3 Å². The van der Waals surface area contributed by atoms with Gasteiger partial charge in [0.1, 0.15) is 9.77 Å². The fourth-order valence-electron chi connectivity index (χ4n) is 2.29. The van der Waals surface area contributed by atoms with Gasteiger partial charge in [0.15, 0.2) is 0 Å². The number of thiophene rings is 2. The van der Waals surface area contributed by atoms with Gasteiger partial charge in [-0.15, -0.1) is 22.7 Å². The summed E-state index contributed by atoms with van der Waals surface area (Å²) in [5, 5.41) is 4.46. The van der Waals surface area contributed by atoms with Crippen LogP contribution >= 0.6 is 50.4 Å². The highest BCUT2D eigenvalue weighted by Crippen LogP contribution is 2.27. The summed E-state index contributed by atoms with van der Waals surface area (Å²) in [5.74, 6) is 1.23. The van der Waals surface area contributed by atoms with Crippen LogP contribution in [0.25, 0.3) is 0 Å².